The molecule has 1 unspecified atom stereocenters. The van der Waals surface area contributed by atoms with E-state index >= 15 is 0 Å². The first-order valence-electron chi connectivity index (χ1n) is 9.09. The van der Waals surface area contributed by atoms with Crippen LogP contribution in [0.1, 0.15) is 0 Å². The summed E-state index contributed by atoms with van der Waals surface area (Å²) in [7, 11) is -1.33. The van der Waals surface area contributed by atoms with Crippen molar-refractivity contribution in [3.8, 4) is 5.69 Å². The smallest absolute Gasteiger partial charge is 0.358 e. The van der Waals surface area contributed by atoms with Crippen LogP contribution in [0.25, 0.3) is 27.5 Å². The van der Waals surface area contributed by atoms with Gasteiger partial charge in [-0.25, -0.2) is 0 Å². The summed E-state index contributed by atoms with van der Waals surface area (Å²) in [4.78, 5) is 0. The molecule has 0 N–H and O–H groups in total. The Labute approximate surface area is 183 Å². The van der Waals surface area contributed by atoms with E-state index in [1.165, 1.54) is 38.6 Å². The van der Waals surface area contributed by atoms with Crippen molar-refractivity contribution < 1.29 is 19.5 Å². The number of fused-ring (bicyclic) bond motifs is 3. The maximum atomic E-state index is 3.53. The van der Waals surface area contributed by atoms with Gasteiger partial charge in [0.1, 0.15) is 0 Å². The van der Waals surface area contributed by atoms with Gasteiger partial charge in [-0.2, -0.15) is 12.1 Å². The first-order chi connectivity index (χ1) is 12.6. The van der Waals surface area contributed by atoms with E-state index in [0.29, 0.717) is 0 Å². The Morgan fingerprint density at radius 3 is 2.11 bits per heavy atom. The number of nitrogens with zero attached hydrogens (tertiary/aromatic N) is 1. The summed E-state index contributed by atoms with van der Waals surface area (Å²) in [5.74, 6) is 3.83. The van der Waals surface area contributed by atoms with Crippen LogP contribution in [0, 0.1) is 13.5 Å². The molecule has 0 amide bonds. The Kier molecular flexibility index (Phi) is 6.11. The van der Waals surface area contributed by atoms with Crippen LogP contribution in [0.15, 0.2) is 78.2 Å². The van der Waals surface area contributed by atoms with Gasteiger partial charge in [0.05, 0.1) is 19.1 Å². The molecule has 0 fully saturated rings. The zero-order valence-electron chi connectivity index (χ0n) is 16.4. The number of rotatable bonds is 2. The van der Waals surface area contributed by atoms with E-state index < -0.39 is 8.07 Å². The van der Waals surface area contributed by atoms with Gasteiger partial charge in [-0.3, -0.25) is 0 Å². The van der Waals surface area contributed by atoms with E-state index in [2.05, 4.69) is 102 Å². The van der Waals surface area contributed by atoms with Gasteiger partial charge in [0, 0.05) is 10.8 Å². The molecule has 0 spiro atoms. The van der Waals surface area contributed by atoms with Gasteiger partial charge in [0.25, 0.3) is 0 Å². The standard InChI is InChI=1S/C23H21NPSi.CH3.Rh/c1-26(2)15-14-25(17-26)19-9-7-8-18(16-19)24-22-12-5-3-10-20(22)21-11-4-6-13-23(21)24;;/h3-8,10-16H,17H2,1-2H3;1H3;/q2*-1;+2. The van der Waals surface area contributed by atoms with E-state index in [1.54, 1.807) is 0 Å². The molecule has 1 aromatic heterocycles. The average molecular weight is 488 g/mol. The fourth-order valence-corrected chi connectivity index (χ4v) is 12.0. The Morgan fingerprint density at radius 2 is 1.54 bits per heavy atom. The van der Waals surface area contributed by atoms with Crippen LogP contribution in [-0.4, -0.2) is 18.4 Å². The molecule has 4 aromatic rings. The summed E-state index contributed by atoms with van der Waals surface area (Å²) in [5, 5.41) is 4.02. The molecule has 28 heavy (non-hydrogen) atoms. The van der Waals surface area contributed by atoms with Crippen LogP contribution in [0.5, 0.6) is 0 Å². The second-order valence-electron chi connectivity index (χ2n) is 7.73. The van der Waals surface area contributed by atoms with Crippen LogP contribution in [0.4, 0.5) is 0 Å². The first kappa shape index (κ1) is 21.2. The summed E-state index contributed by atoms with van der Waals surface area (Å²) in [6.45, 7) is 4.92. The summed E-state index contributed by atoms with van der Waals surface area (Å²) in [6, 6.07) is 27.6. The zero-order chi connectivity index (χ0) is 17.7. The Bertz CT molecular complexity index is 1110. The minimum absolute atomic E-state index is 0. The van der Waals surface area contributed by atoms with Crippen LogP contribution < -0.4 is 5.30 Å². The van der Waals surface area contributed by atoms with E-state index in [9.17, 15) is 0 Å². The van der Waals surface area contributed by atoms with Crippen molar-refractivity contribution >= 4 is 43.1 Å². The van der Waals surface area contributed by atoms with Gasteiger partial charge in [0.15, 0.2) is 0 Å². The largest absolute Gasteiger partial charge is 2.00 e. The Hall–Kier alpha value is -1.53. The van der Waals surface area contributed by atoms with Gasteiger partial charge >= 0.3 is 19.5 Å². The predicted molar refractivity (Wildman–Crippen MR) is 124 cm³/mol. The molecule has 1 aliphatic heterocycles. The summed E-state index contributed by atoms with van der Waals surface area (Å²) in [6.07, 6.45) is 0. The van der Waals surface area contributed by atoms with Crippen molar-refractivity contribution in [1.29, 1.82) is 0 Å². The van der Waals surface area contributed by atoms with E-state index in [4.69, 9.17) is 0 Å². The van der Waals surface area contributed by atoms with Crippen molar-refractivity contribution in [3.63, 3.8) is 0 Å². The number of hydrogen-bond acceptors (Lipinski definition) is 0. The van der Waals surface area contributed by atoms with Gasteiger partial charge in [-0.05, 0) is 17.9 Å². The molecule has 4 heteroatoms. The molecule has 2 heterocycles. The quantitative estimate of drug-likeness (QED) is 0.174. The third-order valence-corrected chi connectivity index (χ3v) is 12.6. The number of benzene rings is 3. The Morgan fingerprint density at radius 1 is 0.929 bits per heavy atom. The Balaban J connectivity index is 0.00000112. The molecule has 0 aliphatic carbocycles. The molecule has 0 saturated carbocycles. The third-order valence-electron chi connectivity index (χ3n) is 5.20. The number of aromatic nitrogens is 1. The number of hydrogen-bond donors (Lipinski definition) is 0. The molecule has 0 saturated heterocycles. The summed E-state index contributed by atoms with van der Waals surface area (Å²) in [5.41, 5.74) is 6.31. The van der Waals surface area contributed by atoms with Crippen LogP contribution in [-0.2, 0) is 19.5 Å². The fourth-order valence-electron chi connectivity index (χ4n) is 3.95. The predicted octanol–water partition coefficient (Wildman–Crippen LogP) is 6.45. The molecule has 1 atom stereocenters. The van der Waals surface area contributed by atoms with E-state index in [-0.39, 0.29) is 34.8 Å². The molecule has 0 bridgehead atoms. The van der Waals surface area contributed by atoms with Gasteiger partial charge in [-0.1, -0.05) is 74.6 Å². The molecule has 3 aromatic carbocycles. The minimum atomic E-state index is -1.14. The van der Waals surface area contributed by atoms with Crippen molar-refractivity contribution in [3.05, 3.63) is 91.7 Å². The summed E-state index contributed by atoms with van der Waals surface area (Å²) < 4.78 is 2.40. The molecule has 143 valence electrons. The molecule has 1 aliphatic rings. The van der Waals surface area contributed by atoms with Gasteiger partial charge in [-0.15, -0.1) is 17.4 Å². The molecule has 5 rings (SSSR count). The van der Waals surface area contributed by atoms with E-state index in [0.717, 1.165) is 0 Å². The second-order valence-corrected chi connectivity index (χ2v) is 15.0. The average Bonchev–Trinajstić information content (AvgIpc) is 3.19. The second kappa shape index (κ2) is 8.07. The van der Waals surface area contributed by atoms with Crippen molar-refractivity contribution in [2.24, 2.45) is 0 Å². The van der Waals surface area contributed by atoms with Crippen LogP contribution in [0.2, 0.25) is 13.1 Å². The maximum Gasteiger partial charge on any atom is 2.00 e. The van der Waals surface area contributed by atoms with Crippen molar-refractivity contribution in [2.45, 2.75) is 13.1 Å². The zero-order valence-corrected chi connectivity index (χ0v) is 20.0. The fraction of sp³-hybridized carbons (Fsp3) is 0.125. The van der Waals surface area contributed by atoms with Crippen LogP contribution >= 0.6 is 7.92 Å². The van der Waals surface area contributed by atoms with Gasteiger partial charge in [0.2, 0.25) is 0 Å². The molecular weight excluding hydrogens is 464 g/mol. The van der Waals surface area contributed by atoms with Crippen LogP contribution in [0.3, 0.4) is 0 Å². The van der Waals surface area contributed by atoms with Crippen molar-refractivity contribution in [1.82, 2.24) is 4.57 Å². The molecular formula is C24H24NPRhSi. The third kappa shape index (κ3) is 3.57. The van der Waals surface area contributed by atoms with Gasteiger partial charge < -0.3 is 12.0 Å². The first-order valence-corrected chi connectivity index (χ1v) is 14.0. The molecule has 1 radical (unpaired) electrons. The monoisotopic (exact) mass is 488 g/mol. The van der Waals surface area contributed by atoms with E-state index in [1.807, 2.05) is 0 Å². The maximum absolute atomic E-state index is 3.53. The summed E-state index contributed by atoms with van der Waals surface area (Å²) >= 11 is 0. The topological polar surface area (TPSA) is 4.93 Å². The normalized spacial score (nSPS) is 17.4. The van der Waals surface area contributed by atoms with Crippen molar-refractivity contribution in [2.75, 3.05) is 5.79 Å². The molecule has 1 nitrogen and oxygen atoms in total. The number of para-hydroxylation sites is 2. The minimum Gasteiger partial charge on any atom is -0.358 e. The SMILES string of the molecule is C[Si]1(C)C=CP(c2[c-]ccc(-n3c4ccccc4c4ccccc43)c2)C1.[CH3-].[Rh+2].